The molecule has 13 heavy (non-hydrogen) atoms. The molecular weight excluding hydrogens is 232 g/mol. The van der Waals surface area contributed by atoms with Gasteiger partial charge in [-0.15, -0.1) is 0 Å². The fourth-order valence-electron chi connectivity index (χ4n) is 0.803. The van der Waals surface area contributed by atoms with E-state index in [0.29, 0.717) is 5.56 Å². The molecule has 0 aromatic heterocycles. The van der Waals surface area contributed by atoms with Crippen molar-refractivity contribution < 1.29 is 9.90 Å². The number of benzene rings is 1. The van der Waals surface area contributed by atoms with Gasteiger partial charge in [-0.25, -0.2) is 0 Å². The van der Waals surface area contributed by atoms with Gasteiger partial charge < -0.3 is 5.11 Å². The van der Waals surface area contributed by atoms with E-state index in [1.165, 1.54) is 13.0 Å². The van der Waals surface area contributed by atoms with Crippen molar-refractivity contribution >= 4 is 21.7 Å². The minimum atomic E-state index is -0.130. The van der Waals surface area contributed by atoms with Crippen LogP contribution >= 0.6 is 15.9 Å². The molecule has 0 aliphatic heterocycles. The molecule has 72 valence electrons. The molecule has 0 atom stereocenters. The Morgan fingerprint density at radius 3 is 2.31 bits per heavy atom. The fraction of sp³-hybridized carbons (Fsp3) is 0.300. The Kier molecular flexibility index (Phi) is 5.39. The topological polar surface area (TPSA) is 37.3 Å². The van der Waals surface area contributed by atoms with E-state index in [9.17, 15) is 9.90 Å². The third kappa shape index (κ3) is 3.59. The molecule has 3 heteroatoms. The van der Waals surface area contributed by atoms with Crippen molar-refractivity contribution in [1.29, 1.82) is 0 Å². The van der Waals surface area contributed by atoms with Crippen LogP contribution in [0.5, 0.6) is 5.75 Å². The Morgan fingerprint density at radius 1 is 1.38 bits per heavy atom. The van der Waals surface area contributed by atoms with Gasteiger partial charge in [-0.1, -0.05) is 29.8 Å². The zero-order valence-electron chi connectivity index (χ0n) is 7.97. The summed E-state index contributed by atoms with van der Waals surface area (Å²) in [6, 6.07) is 4.80. The zero-order valence-corrected chi connectivity index (χ0v) is 9.55. The van der Waals surface area contributed by atoms with Gasteiger partial charge in [0.05, 0.1) is 5.56 Å². The predicted octanol–water partition coefficient (Wildman–Crippen LogP) is 3.38. The van der Waals surface area contributed by atoms with Crippen molar-refractivity contribution in [2.24, 2.45) is 0 Å². The first-order valence-corrected chi connectivity index (χ1v) is 4.90. The average Bonchev–Trinajstić information content (AvgIpc) is 2.07. The van der Waals surface area contributed by atoms with E-state index < -0.39 is 0 Å². The summed E-state index contributed by atoms with van der Waals surface area (Å²) < 4.78 is 0.764. The van der Waals surface area contributed by atoms with Gasteiger partial charge >= 0.3 is 0 Å². The minimum absolute atomic E-state index is 0.0203. The van der Waals surface area contributed by atoms with E-state index >= 15 is 0 Å². The van der Waals surface area contributed by atoms with Gasteiger partial charge in [-0.3, -0.25) is 4.79 Å². The molecule has 1 N–H and O–H groups in total. The highest BCUT2D eigenvalue weighted by Gasteiger charge is 2.04. The van der Waals surface area contributed by atoms with Crippen LogP contribution in [0.3, 0.4) is 0 Å². The number of phenolic OH excluding ortho intramolecular Hbond substituents is 1. The lowest BCUT2D eigenvalue weighted by Gasteiger charge is -1.99. The molecule has 1 aromatic carbocycles. The maximum Gasteiger partial charge on any atom is 0.163 e. The smallest absolute Gasteiger partial charge is 0.163 e. The predicted molar refractivity (Wildman–Crippen MR) is 57.2 cm³/mol. The number of carbonyl (C=O) groups excluding carboxylic acids is 1. The van der Waals surface area contributed by atoms with E-state index in [-0.39, 0.29) is 11.5 Å². The molecule has 0 unspecified atom stereocenters. The minimum Gasteiger partial charge on any atom is -0.507 e. The van der Waals surface area contributed by atoms with Crippen LogP contribution in [-0.4, -0.2) is 10.9 Å². The number of ketones is 1. The lowest BCUT2D eigenvalue weighted by Crippen LogP contribution is -1.91. The molecule has 2 nitrogen and oxygen atoms in total. The summed E-state index contributed by atoms with van der Waals surface area (Å²) >= 11 is 3.17. The van der Waals surface area contributed by atoms with Crippen LogP contribution in [0.25, 0.3) is 0 Å². The van der Waals surface area contributed by atoms with Gasteiger partial charge in [0.2, 0.25) is 0 Å². The summed E-state index contributed by atoms with van der Waals surface area (Å²) in [5.74, 6) is -0.109. The van der Waals surface area contributed by atoms with Gasteiger partial charge in [0.1, 0.15) is 5.75 Å². The number of hydrogen-bond acceptors (Lipinski definition) is 2. The van der Waals surface area contributed by atoms with Crippen LogP contribution in [0.15, 0.2) is 22.7 Å². The molecule has 0 aliphatic carbocycles. The molecule has 0 heterocycles. The van der Waals surface area contributed by atoms with E-state index in [0.717, 1.165) is 4.47 Å². The van der Waals surface area contributed by atoms with Crippen molar-refractivity contribution in [3.05, 3.63) is 28.2 Å². The molecular formula is C10H13BrO2. The van der Waals surface area contributed by atoms with E-state index in [4.69, 9.17) is 0 Å². The van der Waals surface area contributed by atoms with Crippen molar-refractivity contribution in [2.75, 3.05) is 0 Å². The zero-order chi connectivity index (χ0) is 10.4. The molecule has 0 aliphatic rings. The van der Waals surface area contributed by atoms with E-state index in [1.54, 1.807) is 12.1 Å². The first-order valence-electron chi connectivity index (χ1n) is 4.10. The third-order valence-corrected chi connectivity index (χ3v) is 1.83. The summed E-state index contributed by atoms with van der Waals surface area (Å²) in [4.78, 5) is 10.8. The summed E-state index contributed by atoms with van der Waals surface area (Å²) in [6.07, 6.45) is 0. The molecule has 0 bridgehead atoms. The van der Waals surface area contributed by atoms with Gasteiger partial charge in [0.25, 0.3) is 0 Å². The lowest BCUT2D eigenvalue weighted by atomic mass is 10.1. The Balaban J connectivity index is 0.000000671. The molecule has 0 fully saturated rings. The highest BCUT2D eigenvalue weighted by atomic mass is 79.9. The maximum absolute atomic E-state index is 10.8. The first-order chi connectivity index (χ1) is 6.11. The van der Waals surface area contributed by atoms with Crippen molar-refractivity contribution in [3.8, 4) is 5.75 Å². The summed E-state index contributed by atoms with van der Waals surface area (Å²) in [7, 11) is 0. The third-order valence-electron chi connectivity index (χ3n) is 1.34. The number of halogens is 1. The molecule has 1 rings (SSSR count). The fourth-order valence-corrected chi connectivity index (χ4v) is 1.15. The number of rotatable bonds is 1. The van der Waals surface area contributed by atoms with Gasteiger partial charge in [0.15, 0.2) is 5.78 Å². The number of Topliss-reactive ketones (excluding diaryl/α,β-unsaturated/α-hetero) is 1. The van der Waals surface area contributed by atoms with Gasteiger partial charge in [-0.2, -0.15) is 0 Å². The van der Waals surface area contributed by atoms with E-state index in [1.807, 2.05) is 13.8 Å². The molecule has 0 radical (unpaired) electrons. The number of carbonyl (C=O) groups is 1. The summed E-state index contributed by atoms with van der Waals surface area (Å²) in [6.45, 7) is 5.42. The highest BCUT2D eigenvalue weighted by molar-refractivity contribution is 9.10. The lowest BCUT2D eigenvalue weighted by molar-refractivity contribution is 0.101. The van der Waals surface area contributed by atoms with Crippen molar-refractivity contribution in [2.45, 2.75) is 20.8 Å². The van der Waals surface area contributed by atoms with Crippen LogP contribution in [0.1, 0.15) is 31.1 Å². The number of aromatic hydroxyl groups is 1. The molecule has 0 saturated carbocycles. The second-order valence-corrected chi connectivity index (χ2v) is 3.13. The Hall–Kier alpha value is -0.830. The van der Waals surface area contributed by atoms with Crippen LogP contribution in [-0.2, 0) is 0 Å². The van der Waals surface area contributed by atoms with Crippen LogP contribution in [0, 0.1) is 0 Å². The largest absolute Gasteiger partial charge is 0.507 e. The Morgan fingerprint density at radius 2 is 1.92 bits per heavy atom. The Labute approximate surface area is 86.7 Å². The van der Waals surface area contributed by atoms with Crippen LogP contribution in [0.2, 0.25) is 0 Å². The van der Waals surface area contributed by atoms with E-state index in [2.05, 4.69) is 15.9 Å². The summed E-state index contributed by atoms with van der Waals surface area (Å²) in [5, 5.41) is 9.21. The van der Waals surface area contributed by atoms with Crippen LogP contribution in [0.4, 0.5) is 0 Å². The molecule has 0 saturated heterocycles. The number of hydrogen-bond donors (Lipinski definition) is 1. The second kappa shape index (κ2) is 5.75. The highest BCUT2D eigenvalue weighted by Crippen LogP contribution is 2.22. The van der Waals surface area contributed by atoms with Gasteiger partial charge in [-0.05, 0) is 25.1 Å². The standard InChI is InChI=1S/C8H7BrO2.C2H6/c1-5(10)7-3-2-6(9)4-8(7)11;1-2/h2-4,11H,1H3;1-2H3. The van der Waals surface area contributed by atoms with Gasteiger partial charge in [0, 0.05) is 4.47 Å². The normalized spacial score (nSPS) is 8.62. The molecule has 0 spiro atoms. The molecule has 1 aromatic rings. The Bertz CT molecular complexity index is 295. The number of phenols is 1. The quantitative estimate of drug-likeness (QED) is 0.770. The first kappa shape index (κ1) is 12.2. The van der Waals surface area contributed by atoms with Crippen LogP contribution < -0.4 is 0 Å². The summed E-state index contributed by atoms with van der Waals surface area (Å²) in [5.41, 5.74) is 0.355. The van der Waals surface area contributed by atoms with Crippen molar-refractivity contribution in [3.63, 3.8) is 0 Å². The second-order valence-electron chi connectivity index (χ2n) is 2.22. The van der Waals surface area contributed by atoms with Crippen molar-refractivity contribution in [1.82, 2.24) is 0 Å². The monoisotopic (exact) mass is 244 g/mol. The SMILES string of the molecule is CC.CC(=O)c1ccc(Br)cc1O. The maximum atomic E-state index is 10.8. The molecule has 0 amide bonds. The average molecular weight is 245 g/mol.